The fourth-order valence-corrected chi connectivity index (χ4v) is 2.57. The van der Waals surface area contributed by atoms with Crippen molar-refractivity contribution in [2.45, 2.75) is 25.9 Å². The summed E-state index contributed by atoms with van der Waals surface area (Å²) in [6, 6.07) is 11.8. The molecule has 6 heteroatoms. The lowest BCUT2D eigenvalue weighted by Gasteiger charge is -2.23. The molecule has 0 unspecified atom stereocenters. The van der Waals surface area contributed by atoms with E-state index in [1.165, 1.54) is 0 Å². The Labute approximate surface area is 133 Å². The molecule has 3 aromatic rings. The summed E-state index contributed by atoms with van der Waals surface area (Å²) >= 11 is 0. The largest absolute Gasteiger partial charge is 0.443 e. The molecule has 0 saturated heterocycles. The Balaban J connectivity index is 1.89. The van der Waals surface area contributed by atoms with Crippen LogP contribution in [0.3, 0.4) is 0 Å². The maximum Gasteiger partial charge on any atom is 0.405 e. The number of benzene rings is 1. The Kier molecular flexibility index (Phi) is 3.73. The van der Waals surface area contributed by atoms with Crippen molar-refractivity contribution in [2.24, 2.45) is 5.73 Å². The molecule has 0 radical (unpaired) electrons. The van der Waals surface area contributed by atoms with E-state index in [1.807, 2.05) is 50.2 Å². The molecule has 0 aliphatic rings. The minimum absolute atomic E-state index is 0.506. The van der Waals surface area contributed by atoms with Crippen molar-refractivity contribution in [3.63, 3.8) is 0 Å². The lowest BCUT2D eigenvalue weighted by atomic mass is 9.99. The number of amides is 1. The van der Waals surface area contributed by atoms with E-state index in [1.54, 1.807) is 6.20 Å². The predicted octanol–water partition coefficient (Wildman–Crippen LogP) is 3.04. The normalized spacial score (nSPS) is 11.6. The molecule has 6 nitrogen and oxygen atoms in total. The maximum atomic E-state index is 10.9. The van der Waals surface area contributed by atoms with Crippen LogP contribution in [0.15, 0.2) is 42.6 Å². The number of nitrogens with two attached hydrogens (primary N) is 1. The zero-order chi connectivity index (χ0) is 16.4. The standard InChI is InChI=1S/C17H18N4O2/c1-17(2,23-16(18)22)9-11-8-13-15(19-10-11)21-14(20-13)12-6-4-3-5-7-12/h3-8,10H,9H2,1-2H3,(H2,18,22)(H,19,20,21). The van der Waals surface area contributed by atoms with Crippen LogP contribution in [0.5, 0.6) is 0 Å². The van der Waals surface area contributed by atoms with E-state index in [-0.39, 0.29) is 0 Å². The van der Waals surface area contributed by atoms with Gasteiger partial charge in [0.15, 0.2) is 5.65 Å². The Morgan fingerprint density at radius 3 is 2.74 bits per heavy atom. The van der Waals surface area contributed by atoms with Gasteiger partial charge in [0.25, 0.3) is 0 Å². The summed E-state index contributed by atoms with van der Waals surface area (Å²) in [4.78, 5) is 23.1. The third-order valence-electron chi connectivity index (χ3n) is 3.45. The summed E-state index contributed by atoms with van der Waals surface area (Å²) in [5, 5.41) is 0. The van der Waals surface area contributed by atoms with Crippen LogP contribution in [0.4, 0.5) is 4.79 Å². The molecular formula is C17H18N4O2. The number of carbonyl (C=O) groups is 1. The lowest BCUT2D eigenvalue weighted by molar-refractivity contribution is 0.0460. The number of hydrogen-bond donors (Lipinski definition) is 2. The number of primary amides is 1. The monoisotopic (exact) mass is 310 g/mol. The molecule has 118 valence electrons. The van der Waals surface area contributed by atoms with Gasteiger partial charge in [-0.05, 0) is 25.5 Å². The van der Waals surface area contributed by atoms with Gasteiger partial charge in [-0.15, -0.1) is 0 Å². The summed E-state index contributed by atoms with van der Waals surface area (Å²) in [5.41, 5.74) is 7.83. The number of carbonyl (C=O) groups excluding carboxylic acids is 1. The van der Waals surface area contributed by atoms with Gasteiger partial charge in [-0.3, -0.25) is 0 Å². The maximum absolute atomic E-state index is 10.9. The van der Waals surface area contributed by atoms with Crippen LogP contribution in [-0.4, -0.2) is 26.6 Å². The van der Waals surface area contributed by atoms with Crippen molar-refractivity contribution in [1.29, 1.82) is 0 Å². The van der Waals surface area contributed by atoms with Gasteiger partial charge >= 0.3 is 6.09 Å². The Hall–Kier alpha value is -2.89. The van der Waals surface area contributed by atoms with Crippen molar-refractivity contribution < 1.29 is 9.53 Å². The molecule has 2 heterocycles. The molecule has 0 aliphatic heterocycles. The first kappa shape index (κ1) is 15.0. The van der Waals surface area contributed by atoms with Gasteiger partial charge in [0.1, 0.15) is 16.9 Å². The van der Waals surface area contributed by atoms with Crippen LogP contribution in [0.2, 0.25) is 0 Å². The van der Waals surface area contributed by atoms with Crippen LogP contribution in [0.1, 0.15) is 19.4 Å². The molecule has 3 rings (SSSR count). The summed E-state index contributed by atoms with van der Waals surface area (Å²) in [5.74, 6) is 0.776. The minimum Gasteiger partial charge on any atom is -0.443 e. The number of rotatable bonds is 4. The van der Waals surface area contributed by atoms with Crippen LogP contribution in [-0.2, 0) is 11.2 Å². The summed E-state index contributed by atoms with van der Waals surface area (Å²) in [6.45, 7) is 3.61. The molecule has 3 N–H and O–H groups in total. The molecule has 23 heavy (non-hydrogen) atoms. The Morgan fingerprint density at radius 2 is 2.04 bits per heavy atom. The highest BCUT2D eigenvalue weighted by Crippen LogP contribution is 2.22. The highest BCUT2D eigenvalue weighted by Gasteiger charge is 2.22. The minimum atomic E-state index is -0.782. The molecule has 0 fully saturated rings. The molecule has 0 aliphatic carbocycles. The topological polar surface area (TPSA) is 93.9 Å². The fourth-order valence-electron chi connectivity index (χ4n) is 2.57. The van der Waals surface area contributed by atoms with Gasteiger partial charge in [-0.1, -0.05) is 30.3 Å². The van der Waals surface area contributed by atoms with Crippen molar-refractivity contribution >= 4 is 17.3 Å². The predicted molar refractivity (Wildman–Crippen MR) is 87.8 cm³/mol. The second-order valence-electron chi connectivity index (χ2n) is 6.02. The van der Waals surface area contributed by atoms with Crippen molar-refractivity contribution in [3.8, 4) is 11.4 Å². The van der Waals surface area contributed by atoms with E-state index >= 15 is 0 Å². The molecule has 1 amide bonds. The van der Waals surface area contributed by atoms with E-state index in [9.17, 15) is 4.79 Å². The van der Waals surface area contributed by atoms with E-state index in [4.69, 9.17) is 10.5 Å². The van der Waals surface area contributed by atoms with Gasteiger partial charge in [0, 0.05) is 18.2 Å². The highest BCUT2D eigenvalue weighted by atomic mass is 16.6. The Bertz CT molecular complexity index is 840. The van der Waals surface area contributed by atoms with Crippen molar-refractivity contribution in [2.75, 3.05) is 0 Å². The summed E-state index contributed by atoms with van der Waals surface area (Å²) in [6.07, 6.45) is 1.48. The van der Waals surface area contributed by atoms with E-state index in [2.05, 4.69) is 15.0 Å². The number of nitrogens with zero attached hydrogens (tertiary/aromatic N) is 2. The molecule has 0 spiro atoms. The van der Waals surface area contributed by atoms with E-state index in [0.29, 0.717) is 6.42 Å². The number of nitrogens with one attached hydrogen (secondary N) is 1. The molecule has 1 aromatic carbocycles. The number of aromatic nitrogens is 3. The average molecular weight is 310 g/mol. The highest BCUT2D eigenvalue weighted by molar-refractivity contribution is 5.76. The summed E-state index contributed by atoms with van der Waals surface area (Å²) < 4.78 is 5.11. The lowest BCUT2D eigenvalue weighted by Crippen LogP contribution is -2.33. The van der Waals surface area contributed by atoms with E-state index < -0.39 is 11.7 Å². The third-order valence-corrected chi connectivity index (χ3v) is 3.45. The van der Waals surface area contributed by atoms with Gasteiger partial charge in [-0.2, -0.15) is 0 Å². The Morgan fingerprint density at radius 1 is 1.30 bits per heavy atom. The molecule has 0 saturated carbocycles. The van der Waals surface area contributed by atoms with Crippen LogP contribution in [0.25, 0.3) is 22.6 Å². The SMILES string of the molecule is CC(C)(Cc1cnc2[nH]c(-c3ccccc3)nc2c1)OC(N)=O. The zero-order valence-corrected chi connectivity index (χ0v) is 13.0. The number of pyridine rings is 1. The number of aromatic amines is 1. The first-order valence-corrected chi connectivity index (χ1v) is 7.31. The van der Waals surface area contributed by atoms with E-state index in [0.717, 1.165) is 28.1 Å². The number of imidazole rings is 1. The first-order valence-electron chi connectivity index (χ1n) is 7.31. The van der Waals surface area contributed by atoms with Gasteiger partial charge < -0.3 is 15.5 Å². The third kappa shape index (κ3) is 3.48. The zero-order valence-electron chi connectivity index (χ0n) is 13.0. The quantitative estimate of drug-likeness (QED) is 0.774. The van der Waals surface area contributed by atoms with Crippen molar-refractivity contribution in [3.05, 3.63) is 48.2 Å². The van der Waals surface area contributed by atoms with Gasteiger partial charge in [0.05, 0.1) is 0 Å². The fraction of sp³-hybridized carbons (Fsp3) is 0.235. The molecule has 2 aromatic heterocycles. The first-order chi connectivity index (χ1) is 10.9. The number of H-pyrrole nitrogens is 1. The average Bonchev–Trinajstić information content (AvgIpc) is 2.89. The van der Waals surface area contributed by atoms with Crippen LogP contribution in [0, 0.1) is 0 Å². The van der Waals surface area contributed by atoms with Gasteiger partial charge in [0.2, 0.25) is 0 Å². The number of ether oxygens (including phenoxy) is 1. The second-order valence-corrected chi connectivity index (χ2v) is 6.02. The smallest absolute Gasteiger partial charge is 0.405 e. The van der Waals surface area contributed by atoms with Crippen LogP contribution < -0.4 is 5.73 Å². The molecular weight excluding hydrogens is 292 g/mol. The summed E-state index contributed by atoms with van der Waals surface area (Å²) in [7, 11) is 0. The van der Waals surface area contributed by atoms with Crippen LogP contribution >= 0.6 is 0 Å². The molecule has 0 atom stereocenters. The molecule has 0 bridgehead atoms. The number of fused-ring (bicyclic) bond motifs is 1. The second kappa shape index (κ2) is 5.72. The number of hydrogen-bond acceptors (Lipinski definition) is 4. The van der Waals surface area contributed by atoms with Crippen molar-refractivity contribution in [1.82, 2.24) is 15.0 Å². The van der Waals surface area contributed by atoms with Gasteiger partial charge in [-0.25, -0.2) is 14.8 Å².